The molecule has 1 aromatic heterocycles. The summed E-state index contributed by atoms with van der Waals surface area (Å²) in [6.07, 6.45) is 0. The van der Waals surface area contributed by atoms with Crippen LogP contribution in [0.15, 0.2) is 88.5 Å². The van der Waals surface area contributed by atoms with Gasteiger partial charge in [-0.25, -0.2) is 0 Å². The predicted octanol–water partition coefficient (Wildman–Crippen LogP) is 7.04. The third kappa shape index (κ3) is 4.28. The van der Waals surface area contributed by atoms with Gasteiger partial charge in [-0.05, 0) is 65.1 Å². The molecule has 1 amide bonds. The number of halogens is 1. The Bertz CT molecular complexity index is 1620. The first-order chi connectivity index (χ1) is 17.6. The van der Waals surface area contributed by atoms with E-state index in [2.05, 4.69) is 26.8 Å². The Morgan fingerprint density at radius 1 is 1.03 bits per heavy atom. The van der Waals surface area contributed by atoms with E-state index in [9.17, 15) is 20.0 Å². The molecule has 0 saturated heterocycles. The molecular formula is C30H23ClN2O4. The second-order valence-corrected chi connectivity index (χ2v) is 10.4. The maximum absolute atomic E-state index is 13.8. The maximum Gasteiger partial charge on any atom is 0.294 e. The van der Waals surface area contributed by atoms with Crippen LogP contribution < -0.4 is 4.90 Å². The molecule has 37 heavy (non-hydrogen) atoms. The normalized spacial score (nSPS) is 15.9. The van der Waals surface area contributed by atoms with E-state index in [1.54, 1.807) is 48.5 Å². The molecule has 2 heterocycles. The fraction of sp³-hybridized carbons (Fsp3) is 0.167. The Morgan fingerprint density at radius 2 is 1.70 bits per heavy atom. The van der Waals surface area contributed by atoms with Crippen LogP contribution in [0.2, 0.25) is 5.02 Å². The van der Waals surface area contributed by atoms with Crippen molar-refractivity contribution in [2.45, 2.75) is 32.2 Å². The standard InChI is InChI=1S/C30H23ClN2O4/c1-30(2,3)20-8-6-18(7-9-20)26-25(27(34)24-15-19-14-21(31)10-13-23(19)37-24)28(35)29(36)33(26)22-11-4-17(16-32)5-12-22/h4-15,26,35H,1-3H3. The number of rotatable bonds is 4. The van der Waals surface area contributed by atoms with E-state index in [1.807, 2.05) is 24.3 Å². The van der Waals surface area contributed by atoms with Gasteiger partial charge in [0, 0.05) is 16.1 Å². The number of anilines is 1. The molecule has 1 N–H and O–H groups in total. The lowest BCUT2D eigenvalue weighted by molar-refractivity contribution is -0.117. The SMILES string of the molecule is CC(C)(C)c1ccc(C2C(C(=O)c3cc4cc(Cl)ccc4o3)=C(O)C(=O)N2c2ccc(C#N)cc2)cc1. The number of nitriles is 1. The van der Waals surface area contributed by atoms with Crippen LogP contribution >= 0.6 is 11.6 Å². The lowest BCUT2D eigenvalue weighted by atomic mass is 9.85. The van der Waals surface area contributed by atoms with Gasteiger partial charge in [-0.2, -0.15) is 5.26 Å². The lowest BCUT2D eigenvalue weighted by Crippen LogP contribution is -2.31. The molecule has 3 aromatic carbocycles. The highest BCUT2D eigenvalue weighted by molar-refractivity contribution is 6.31. The van der Waals surface area contributed by atoms with Gasteiger partial charge < -0.3 is 9.52 Å². The molecular weight excluding hydrogens is 488 g/mol. The molecule has 0 radical (unpaired) electrons. The molecule has 1 unspecified atom stereocenters. The van der Waals surface area contributed by atoms with Crippen molar-refractivity contribution in [3.8, 4) is 6.07 Å². The van der Waals surface area contributed by atoms with E-state index < -0.39 is 23.5 Å². The van der Waals surface area contributed by atoms with Crippen molar-refractivity contribution in [3.05, 3.63) is 112 Å². The number of fused-ring (bicyclic) bond motifs is 1. The number of carbonyl (C=O) groups is 2. The molecule has 1 aliphatic rings. The Labute approximate surface area is 219 Å². The molecule has 1 aliphatic heterocycles. The number of hydrogen-bond acceptors (Lipinski definition) is 5. The van der Waals surface area contributed by atoms with E-state index in [0.29, 0.717) is 32.8 Å². The topological polar surface area (TPSA) is 94.5 Å². The monoisotopic (exact) mass is 510 g/mol. The smallest absolute Gasteiger partial charge is 0.294 e. The minimum absolute atomic E-state index is 0.00962. The van der Waals surface area contributed by atoms with Crippen molar-refractivity contribution in [1.29, 1.82) is 5.26 Å². The summed E-state index contributed by atoms with van der Waals surface area (Å²) in [7, 11) is 0. The number of benzene rings is 3. The minimum atomic E-state index is -0.904. The Balaban J connectivity index is 1.64. The van der Waals surface area contributed by atoms with E-state index in [1.165, 1.54) is 4.90 Å². The fourth-order valence-corrected chi connectivity index (χ4v) is 4.72. The second kappa shape index (κ2) is 8.95. The number of aliphatic hydroxyl groups is 1. The molecule has 4 aromatic rings. The third-order valence-electron chi connectivity index (χ3n) is 6.52. The number of aliphatic hydroxyl groups excluding tert-OH is 1. The first kappa shape index (κ1) is 24.4. The van der Waals surface area contributed by atoms with Gasteiger partial charge in [0.05, 0.1) is 23.2 Å². The van der Waals surface area contributed by atoms with Crippen LogP contribution in [0.3, 0.4) is 0 Å². The zero-order valence-corrected chi connectivity index (χ0v) is 21.2. The van der Waals surface area contributed by atoms with Gasteiger partial charge in [-0.15, -0.1) is 0 Å². The van der Waals surface area contributed by atoms with Gasteiger partial charge in [-0.3, -0.25) is 14.5 Å². The average molecular weight is 511 g/mol. The first-order valence-electron chi connectivity index (χ1n) is 11.7. The van der Waals surface area contributed by atoms with E-state index in [0.717, 1.165) is 5.56 Å². The number of Topliss-reactive ketones (excluding diaryl/α,β-unsaturated/α-hetero) is 1. The van der Waals surface area contributed by atoms with E-state index in [-0.39, 0.29) is 16.7 Å². The summed E-state index contributed by atoms with van der Waals surface area (Å²) in [5, 5.41) is 21.3. The van der Waals surface area contributed by atoms with Crippen molar-refractivity contribution in [3.63, 3.8) is 0 Å². The highest BCUT2D eigenvalue weighted by Gasteiger charge is 2.45. The average Bonchev–Trinajstić information content (AvgIpc) is 3.41. The van der Waals surface area contributed by atoms with Crippen molar-refractivity contribution in [1.82, 2.24) is 0 Å². The van der Waals surface area contributed by atoms with Crippen molar-refractivity contribution >= 4 is 39.9 Å². The molecule has 5 rings (SSSR count). The van der Waals surface area contributed by atoms with Crippen LogP contribution in [0.4, 0.5) is 5.69 Å². The Morgan fingerprint density at radius 3 is 2.32 bits per heavy atom. The zero-order valence-electron chi connectivity index (χ0n) is 20.4. The first-order valence-corrected chi connectivity index (χ1v) is 12.1. The van der Waals surface area contributed by atoms with Crippen LogP contribution in [-0.2, 0) is 10.2 Å². The van der Waals surface area contributed by atoms with Gasteiger partial charge in [-0.1, -0.05) is 56.6 Å². The molecule has 0 aliphatic carbocycles. The molecule has 0 spiro atoms. The zero-order chi connectivity index (χ0) is 26.5. The largest absolute Gasteiger partial charge is 0.503 e. The summed E-state index contributed by atoms with van der Waals surface area (Å²) in [6.45, 7) is 6.29. The number of amides is 1. The highest BCUT2D eigenvalue weighted by Crippen LogP contribution is 2.43. The quantitative estimate of drug-likeness (QED) is 0.297. The molecule has 1 atom stereocenters. The number of carbonyl (C=O) groups excluding carboxylic acids is 2. The summed E-state index contributed by atoms with van der Waals surface area (Å²) in [6, 6.07) is 21.7. The molecule has 184 valence electrons. The lowest BCUT2D eigenvalue weighted by Gasteiger charge is -2.27. The minimum Gasteiger partial charge on any atom is -0.503 e. The summed E-state index contributed by atoms with van der Waals surface area (Å²) >= 11 is 6.09. The van der Waals surface area contributed by atoms with Gasteiger partial charge in [0.1, 0.15) is 5.58 Å². The second-order valence-electron chi connectivity index (χ2n) is 9.99. The Hall–Kier alpha value is -4.34. The van der Waals surface area contributed by atoms with Crippen molar-refractivity contribution < 1.29 is 19.1 Å². The summed E-state index contributed by atoms with van der Waals surface area (Å²) < 4.78 is 5.78. The molecule has 7 heteroatoms. The van der Waals surface area contributed by atoms with Crippen molar-refractivity contribution in [2.24, 2.45) is 0 Å². The van der Waals surface area contributed by atoms with Crippen LogP contribution in [0.1, 0.15) is 54.1 Å². The molecule has 0 fully saturated rings. The summed E-state index contributed by atoms with van der Waals surface area (Å²) in [5.41, 5.74) is 2.90. The van der Waals surface area contributed by atoms with Crippen LogP contribution in [0.5, 0.6) is 0 Å². The predicted molar refractivity (Wildman–Crippen MR) is 142 cm³/mol. The number of hydrogen-bond donors (Lipinski definition) is 1. The van der Waals surface area contributed by atoms with Gasteiger partial charge >= 0.3 is 0 Å². The van der Waals surface area contributed by atoms with Crippen LogP contribution in [0, 0.1) is 11.3 Å². The molecule has 0 bridgehead atoms. The van der Waals surface area contributed by atoms with Crippen LogP contribution in [-0.4, -0.2) is 16.8 Å². The van der Waals surface area contributed by atoms with Crippen molar-refractivity contribution in [2.75, 3.05) is 4.90 Å². The third-order valence-corrected chi connectivity index (χ3v) is 6.76. The highest BCUT2D eigenvalue weighted by atomic mass is 35.5. The molecule has 0 saturated carbocycles. The van der Waals surface area contributed by atoms with Gasteiger partial charge in [0.2, 0.25) is 5.78 Å². The Kier molecular flexibility index (Phi) is 5.89. The maximum atomic E-state index is 13.8. The van der Waals surface area contributed by atoms with Crippen LogP contribution in [0.25, 0.3) is 11.0 Å². The number of ketones is 1. The van der Waals surface area contributed by atoms with E-state index in [4.69, 9.17) is 16.0 Å². The number of nitrogens with zero attached hydrogens (tertiary/aromatic N) is 2. The van der Waals surface area contributed by atoms with Gasteiger partial charge in [0.25, 0.3) is 5.91 Å². The van der Waals surface area contributed by atoms with E-state index >= 15 is 0 Å². The fourth-order valence-electron chi connectivity index (χ4n) is 4.54. The number of furan rings is 1. The molecule has 6 nitrogen and oxygen atoms in total. The summed E-state index contributed by atoms with van der Waals surface area (Å²) in [5.74, 6) is -1.96. The van der Waals surface area contributed by atoms with Gasteiger partial charge in [0.15, 0.2) is 11.5 Å². The summed E-state index contributed by atoms with van der Waals surface area (Å²) in [4.78, 5) is 28.5.